The Morgan fingerprint density at radius 2 is 2.18 bits per heavy atom. The Balaban J connectivity index is 3.00. The zero-order chi connectivity index (χ0) is 12.8. The van der Waals surface area contributed by atoms with Gasteiger partial charge in [0.15, 0.2) is 0 Å². The summed E-state index contributed by atoms with van der Waals surface area (Å²) < 4.78 is 5.04. The molecule has 0 aliphatic heterocycles. The molecule has 0 bridgehead atoms. The number of hydrogen-bond donors (Lipinski definition) is 2. The van der Waals surface area contributed by atoms with Crippen LogP contribution in [0.5, 0.6) is 0 Å². The molecule has 0 aromatic heterocycles. The number of rotatable bonds is 6. The number of nitrogen functional groups attached to an aromatic ring is 1. The lowest BCUT2D eigenvalue weighted by molar-refractivity contribution is 0.100. The van der Waals surface area contributed by atoms with Crippen molar-refractivity contribution in [2.24, 2.45) is 5.73 Å². The van der Waals surface area contributed by atoms with Gasteiger partial charge in [-0.25, -0.2) is 0 Å². The van der Waals surface area contributed by atoms with Crippen molar-refractivity contribution in [1.29, 1.82) is 0 Å². The third-order valence-corrected chi connectivity index (χ3v) is 2.60. The second-order valence-corrected chi connectivity index (χ2v) is 3.71. The summed E-state index contributed by atoms with van der Waals surface area (Å²) in [7, 11) is 1.65. The third-order valence-electron chi connectivity index (χ3n) is 2.60. The largest absolute Gasteiger partial charge is 0.397 e. The van der Waals surface area contributed by atoms with Crippen LogP contribution in [0.1, 0.15) is 17.3 Å². The van der Waals surface area contributed by atoms with Crippen molar-refractivity contribution < 1.29 is 9.53 Å². The van der Waals surface area contributed by atoms with Gasteiger partial charge in [0.2, 0.25) is 5.91 Å². The normalized spacial score (nSPS) is 10.2. The van der Waals surface area contributed by atoms with Gasteiger partial charge in [-0.05, 0) is 25.1 Å². The lowest BCUT2D eigenvalue weighted by atomic mass is 10.1. The zero-order valence-corrected chi connectivity index (χ0v) is 10.3. The van der Waals surface area contributed by atoms with Crippen LogP contribution in [-0.4, -0.2) is 32.7 Å². The van der Waals surface area contributed by atoms with Crippen LogP contribution in [0.4, 0.5) is 11.4 Å². The Kier molecular flexibility index (Phi) is 4.78. The summed E-state index contributed by atoms with van der Waals surface area (Å²) in [4.78, 5) is 13.2. The van der Waals surface area contributed by atoms with E-state index in [1.165, 1.54) is 0 Å². The van der Waals surface area contributed by atoms with Crippen LogP contribution in [0.15, 0.2) is 18.2 Å². The molecule has 1 aromatic carbocycles. The number of hydrogen-bond acceptors (Lipinski definition) is 4. The number of anilines is 2. The van der Waals surface area contributed by atoms with Gasteiger partial charge < -0.3 is 21.1 Å². The Hall–Kier alpha value is -1.75. The molecule has 0 radical (unpaired) electrons. The first kappa shape index (κ1) is 13.3. The highest BCUT2D eigenvalue weighted by Crippen LogP contribution is 2.24. The average molecular weight is 237 g/mol. The van der Waals surface area contributed by atoms with Crippen molar-refractivity contribution in [2.75, 3.05) is 37.4 Å². The van der Waals surface area contributed by atoms with Crippen molar-refractivity contribution in [1.82, 2.24) is 0 Å². The maximum Gasteiger partial charge on any atom is 0.248 e. The molecule has 0 atom stereocenters. The molecule has 94 valence electrons. The summed E-state index contributed by atoms with van der Waals surface area (Å²) in [5.41, 5.74) is 13.1. The topological polar surface area (TPSA) is 81.6 Å². The van der Waals surface area contributed by atoms with Crippen molar-refractivity contribution >= 4 is 17.3 Å². The fraction of sp³-hybridized carbons (Fsp3) is 0.417. The predicted octanol–water partition coefficient (Wildman–Crippen LogP) is 0.840. The minimum absolute atomic E-state index is 0.450. The van der Waals surface area contributed by atoms with Gasteiger partial charge >= 0.3 is 0 Å². The molecule has 1 amide bonds. The monoisotopic (exact) mass is 237 g/mol. The van der Waals surface area contributed by atoms with E-state index in [2.05, 4.69) is 0 Å². The lowest BCUT2D eigenvalue weighted by Gasteiger charge is -2.24. The van der Waals surface area contributed by atoms with Crippen LogP contribution in [-0.2, 0) is 4.74 Å². The Bertz CT molecular complexity index is 393. The number of nitrogens with two attached hydrogens (primary N) is 2. The second-order valence-electron chi connectivity index (χ2n) is 3.71. The van der Waals surface area contributed by atoms with Crippen molar-refractivity contribution in [3.8, 4) is 0 Å². The van der Waals surface area contributed by atoms with E-state index in [0.29, 0.717) is 17.9 Å². The minimum atomic E-state index is -0.450. The lowest BCUT2D eigenvalue weighted by Crippen LogP contribution is -2.28. The quantitative estimate of drug-likeness (QED) is 0.718. The van der Waals surface area contributed by atoms with Crippen molar-refractivity contribution in [3.05, 3.63) is 23.8 Å². The van der Waals surface area contributed by atoms with Crippen LogP contribution in [0, 0.1) is 0 Å². The first-order valence-electron chi connectivity index (χ1n) is 5.53. The van der Waals surface area contributed by atoms with Crippen LogP contribution < -0.4 is 16.4 Å². The van der Waals surface area contributed by atoms with Gasteiger partial charge in [0.1, 0.15) is 0 Å². The first-order chi connectivity index (χ1) is 8.10. The van der Waals surface area contributed by atoms with Crippen LogP contribution >= 0.6 is 0 Å². The molecule has 4 N–H and O–H groups in total. The number of carbonyl (C=O) groups excluding carboxylic acids is 1. The van der Waals surface area contributed by atoms with Gasteiger partial charge in [0.05, 0.1) is 18.0 Å². The highest BCUT2D eigenvalue weighted by Gasteiger charge is 2.10. The second kappa shape index (κ2) is 6.10. The fourth-order valence-corrected chi connectivity index (χ4v) is 1.62. The van der Waals surface area contributed by atoms with Crippen LogP contribution in [0.25, 0.3) is 0 Å². The van der Waals surface area contributed by atoms with Crippen LogP contribution in [0.3, 0.4) is 0 Å². The molecule has 5 nitrogen and oxygen atoms in total. The first-order valence-corrected chi connectivity index (χ1v) is 5.53. The summed E-state index contributed by atoms with van der Waals surface area (Å²) in [6, 6.07) is 5.05. The van der Waals surface area contributed by atoms with Gasteiger partial charge in [-0.1, -0.05) is 0 Å². The predicted molar refractivity (Wildman–Crippen MR) is 69.1 cm³/mol. The van der Waals surface area contributed by atoms with E-state index in [1.807, 2.05) is 11.8 Å². The van der Waals surface area contributed by atoms with E-state index in [-0.39, 0.29) is 0 Å². The summed E-state index contributed by atoms with van der Waals surface area (Å²) in [6.45, 7) is 4.13. The molecule has 17 heavy (non-hydrogen) atoms. The highest BCUT2D eigenvalue weighted by molar-refractivity contribution is 5.95. The Morgan fingerprint density at radius 1 is 1.47 bits per heavy atom. The van der Waals surface area contributed by atoms with E-state index in [9.17, 15) is 4.79 Å². The molecule has 0 saturated carbocycles. The van der Waals surface area contributed by atoms with Crippen LogP contribution in [0.2, 0.25) is 0 Å². The number of likely N-dealkylation sites (N-methyl/N-ethyl adjacent to an activating group) is 1. The third kappa shape index (κ3) is 3.35. The molecule has 5 heteroatoms. The number of benzene rings is 1. The van der Waals surface area contributed by atoms with Crippen molar-refractivity contribution in [2.45, 2.75) is 6.92 Å². The summed E-state index contributed by atoms with van der Waals surface area (Å²) in [6.07, 6.45) is 0. The van der Waals surface area contributed by atoms with E-state index in [0.717, 1.165) is 18.8 Å². The summed E-state index contributed by atoms with van der Waals surface area (Å²) >= 11 is 0. The standard InChI is InChI=1S/C12H19N3O2/c1-3-15(6-7-17-2)11-8-9(12(14)16)4-5-10(11)13/h4-5,8H,3,6-7,13H2,1-2H3,(H2,14,16). The summed E-state index contributed by atoms with van der Waals surface area (Å²) in [5.74, 6) is -0.450. The number of carbonyl (C=O) groups is 1. The number of amides is 1. The van der Waals surface area contributed by atoms with E-state index < -0.39 is 5.91 Å². The Morgan fingerprint density at radius 3 is 2.71 bits per heavy atom. The van der Waals surface area contributed by atoms with Gasteiger partial charge in [-0.15, -0.1) is 0 Å². The number of methoxy groups -OCH3 is 1. The molecule has 0 unspecified atom stereocenters. The molecule has 0 saturated heterocycles. The highest BCUT2D eigenvalue weighted by atomic mass is 16.5. The van der Waals surface area contributed by atoms with Gasteiger partial charge in [0.25, 0.3) is 0 Å². The molecule has 1 aromatic rings. The SMILES string of the molecule is CCN(CCOC)c1cc(C(N)=O)ccc1N. The molecule has 0 spiro atoms. The number of ether oxygens (including phenoxy) is 1. The average Bonchev–Trinajstić information content (AvgIpc) is 2.31. The summed E-state index contributed by atoms with van der Waals surface area (Å²) in [5, 5.41) is 0. The maximum absolute atomic E-state index is 11.1. The molecular weight excluding hydrogens is 218 g/mol. The van der Waals surface area contributed by atoms with Gasteiger partial charge in [-0.2, -0.15) is 0 Å². The van der Waals surface area contributed by atoms with Gasteiger partial charge in [0, 0.05) is 25.8 Å². The molecular formula is C12H19N3O2. The Labute approximate surface area is 101 Å². The van der Waals surface area contributed by atoms with Crippen molar-refractivity contribution in [3.63, 3.8) is 0 Å². The van der Waals surface area contributed by atoms with Gasteiger partial charge in [-0.3, -0.25) is 4.79 Å². The minimum Gasteiger partial charge on any atom is -0.397 e. The van der Waals surface area contributed by atoms with E-state index in [4.69, 9.17) is 16.2 Å². The van der Waals surface area contributed by atoms with E-state index in [1.54, 1.807) is 25.3 Å². The maximum atomic E-state index is 11.1. The molecule has 0 heterocycles. The smallest absolute Gasteiger partial charge is 0.248 e. The zero-order valence-electron chi connectivity index (χ0n) is 10.3. The van der Waals surface area contributed by atoms with E-state index >= 15 is 0 Å². The molecule has 0 fully saturated rings. The fourth-order valence-electron chi connectivity index (χ4n) is 1.62. The number of nitrogens with zero attached hydrogens (tertiary/aromatic N) is 1. The molecule has 1 rings (SSSR count). The number of primary amides is 1. The molecule has 0 aliphatic carbocycles. The molecule has 0 aliphatic rings.